The monoisotopic (exact) mass is 270 g/mol. The highest BCUT2D eigenvalue weighted by Gasteiger charge is 2.47. The van der Waals surface area contributed by atoms with E-state index in [1.807, 2.05) is 30.3 Å². The molecule has 0 unspecified atom stereocenters. The van der Waals surface area contributed by atoms with Gasteiger partial charge in [-0.15, -0.1) is 12.4 Å². The zero-order valence-corrected chi connectivity index (χ0v) is 11.3. The molecule has 0 aromatic heterocycles. The van der Waals surface area contributed by atoms with Gasteiger partial charge in [0.25, 0.3) is 0 Å². The lowest BCUT2D eigenvalue weighted by molar-refractivity contribution is -0.132. The first-order chi connectivity index (χ1) is 8.12. The van der Waals surface area contributed by atoms with Gasteiger partial charge in [0.2, 0.25) is 5.91 Å². The second-order valence-electron chi connectivity index (χ2n) is 4.54. The third-order valence-electron chi connectivity index (χ3n) is 3.00. The normalized spacial score (nSPS) is 15.4. The number of para-hydroxylation sites is 1. The fraction of sp³-hybridized carbons (Fsp3) is 0.462. The molecule has 1 fully saturated rings. The molecule has 0 bridgehead atoms. The number of amides is 1. The van der Waals surface area contributed by atoms with Gasteiger partial charge < -0.3 is 15.4 Å². The van der Waals surface area contributed by atoms with Crippen LogP contribution in [0.1, 0.15) is 12.8 Å². The second-order valence-corrected chi connectivity index (χ2v) is 4.54. The summed E-state index contributed by atoms with van der Waals surface area (Å²) in [5.74, 6) is 0.844. The molecule has 0 spiro atoms. The first kappa shape index (κ1) is 14.8. The van der Waals surface area contributed by atoms with Crippen LogP contribution < -0.4 is 10.5 Å². The number of hydrogen-bond acceptors (Lipinski definition) is 3. The van der Waals surface area contributed by atoms with E-state index >= 15 is 0 Å². The Morgan fingerprint density at radius 2 is 2.00 bits per heavy atom. The first-order valence-electron chi connectivity index (χ1n) is 5.84. The third-order valence-corrected chi connectivity index (χ3v) is 3.00. The van der Waals surface area contributed by atoms with E-state index in [1.165, 1.54) is 0 Å². The summed E-state index contributed by atoms with van der Waals surface area (Å²) in [6, 6.07) is 9.57. The number of ether oxygens (including phenoxy) is 1. The van der Waals surface area contributed by atoms with Gasteiger partial charge in [-0.05, 0) is 25.0 Å². The Balaban J connectivity index is 0.00000162. The van der Waals surface area contributed by atoms with E-state index in [1.54, 1.807) is 11.9 Å². The van der Waals surface area contributed by atoms with Crippen molar-refractivity contribution in [3.05, 3.63) is 30.3 Å². The lowest BCUT2D eigenvalue weighted by Gasteiger charge is -2.20. The number of hydrogen-bond donors (Lipinski definition) is 1. The molecule has 100 valence electrons. The molecule has 1 saturated carbocycles. The largest absolute Gasteiger partial charge is 0.492 e. The molecule has 1 aromatic carbocycles. The maximum Gasteiger partial charge on any atom is 0.242 e. The lowest BCUT2D eigenvalue weighted by atomic mass is 10.2. The average molecular weight is 271 g/mol. The molecule has 18 heavy (non-hydrogen) atoms. The summed E-state index contributed by atoms with van der Waals surface area (Å²) < 4.78 is 5.53. The Bertz CT molecular complexity index is 393. The van der Waals surface area contributed by atoms with Gasteiger partial charge in [0.1, 0.15) is 12.4 Å². The number of nitrogens with zero attached hydrogens (tertiary/aromatic N) is 1. The molecule has 5 heteroatoms. The molecule has 0 atom stereocenters. The average Bonchev–Trinajstić information content (AvgIpc) is 3.09. The molecule has 0 radical (unpaired) electrons. The number of benzene rings is 1. The Morgan fingerprint density at radius 1 is 1.39 bits per heavy atom. The fourth-order valence-corrected chi connectivity index (χ4v) is 1.65. The summed E-state index contributed by atoms with van der Waals surface area (Å²) in [7, 11) is 1.77. The van der Waals surface area contributed by atoms with Gasteiger partial charge in [0.05, 0.1) is 12.1 Å². The number of rotatable bonds is 5. The molecular weight excluding hydrogens is 252 g/mol. The molecule has 0 aliphatic heterocycles. The quantitative estimate of drug-likeness (QED) is 0.881. The molecule has 2 N–H and O–H groups in total. The molecule has 1 aliphatic carbocycles. The number of halogens is 1. The molecule has 1 aliphatic rings. The molecule has 0 heterocycles. The van der Waals surface area contributed by atoms with Gasteiger partial charge in [-0.1, -0.05) is 18.2 Å². The maximum absolute atomic E-state index is 11.8. The number of nitrogens with two attached hydrogens (primary N) is 1. The Labute approximate surface area is 114 Å². The zero-order valence-electron chi connectivity index (χ0n) is 10.5. The topological polar surface area (TPSA) is 55.6 Å². The Morgan fingerprint density at radius 3 is 2.56 bits per heavy atom. The van der Waals surface area contributed by atoms with Gasteiger partial charge >= 0.3 is 0 Å². The second kappa shape index (κ2) is 6.07. The summed E-state index contributed by atoms with van der Waals surface area (Å²) in [6.45, 7) is 1.05. The number of carbonyl (C=O) groups is 1. The third kappa shape index (κ3) is 3.62. The lowest BCUT2D eigenvalue weighted by Crippen LogP contribution is -2.45. The van der Waals surface area contributed by atoms with Crippen LogP contribution in [-0.2, 0) is 4.79 Å². The fourth-order valence-electron chi connectivity index (χ4n) is 1.65. The van der Waals surface area contributed by atoms with E-state index in [4.69, 9.17) is 10.5 Å². The van der Waals surface area contributed by atoms with Gasteiger partial charge in [0.15, 0.2) is 0 Å². The van der Waals surface area contributed by atoms with Crippen LogP contribution in [0.25, 0.3) is 0 Å². The predicted molar refractivity (Wildman–Crippen MR) is 73.0 cm³/mol. The predicted octanol–water partition coefficient (Wildman–Crippen LogP) is 1.44. The number of likely N-dealkylation sites (N-methyl/N-ethyl adjacent to an activating group) is 1. The summed E-state index contributed by atoms with van der Waals surface area (Å²) in [4.78, 5) is 13.5. The minimum absolute atomic E-state index is 0. The van der Waals surface area contributed by atoms with E-state index in [-0.39, 0.29) is 18.3 Å². The van der Waals surface area contributed by atoms with Crippen molar-refractivity contribution in [2.45, 2.75) is 18.4 Å². The molecule has 0 saturated heterocycles. The van der Waals surface area contributed by atoms with E-state index in [0.717, 1.165) is 18.6 Å². The SMILES string of the molecule is CN(CCOc1ccccc1)C(=O)C1(N)CC1.Cl. The minimum Gasteiger partial charge on any atom is -0.492 e. The number of carbonyl (C=O) groups excluding carboxylic acids is 1. The van der Waals surface area contributed by atoms with Crippen molar-refractivity contribution < 1.29 is 9.53 Å². The highest BCUT2D eigenvalue weighted by molar-refractivity contribution is 5.88. The van der Waals surface area contributed by atoms with Crippen LogP contribution >= 0.6 is 12.4 Å². The summed E-state index contributed by atoms with van der Waals surface area (Å²) in [5.41, 5.74) is 5.26. The van der Waals surface area contributed by atoms with Crippen LogP contribution in [0.3, 0.4) is 0 Å². The highest BCUT2D eigenvalue weighted by Crippen LogP contribution is 2.33. The van der Waals surface area contributed by atoms with E-state index in [9.17, 15) is 4.79 Å². The van der Waals surface area contributed by atoms with Crippen molar-refractivity contribution in [2.75, 3.05) is 20.2 Å². The summed E-state index contributed by atoms with van der Waals surface area (Å²) in [6.07, 6.45) is 1.60. The van der Waals surface area contributed by atoms with Crippen molar-refractivity contribution in [3.63, 3.8) is 0 Å². The summed E-state index contributed by atoms with van der Waals surface area (Å²) in [5, 5.41) is 0. The molecule has 2 rings (SSSR count). The van der Waals surface area contributed by atoms with Gasteiger partial charge in [0, 0.05) is 7.05 Å². The zero-order chi connectivity index (χ0) is 12.3. The molecule has 1 amide bonds. The van der Waals surface area contributed by atoms with Crippen LogP contribution in [-0.4, -0.2) is 36.5 Å². The standard InChI is InChI=1S/C13H18N2O2.ClH/c1-15(12(16)13(14)7-8-13)9-10-17-11-5-3-2-4-6-11;/h2-6H,7-10,14H2,1H3;1H. The van der Waals surface area contributed by atoms with Crippen LogP contribution in [0.15, 0.2) is 30.3 Å². The van der Waals surface area contributed by atoms with Crippen molar-refractivity contribution in [2.24, 2.45) is 5.73 Å². The van der Waals surface area contributed by atoms with Crippen LogP contribution in [0, 0.1) is 0 Å². The van der Waals surface area contributed by atoms with Gasteiger partial charge in [-0.25, -0.2) is 0 Å². The Hall–Kier alpha value is -1.26. The van der Waals surface area contributed by atoms with Crippen LogP contribution in [0.4, 0.5) is 0 Å². The maximum atomic E-state index is 11.8. The Kier molecular flexibility index (Phi) is 4.99. The highest BCUT2D eigenvalue weighted by atomic mass is 35.5. The van der Waals surface area contributed by atoms with E-state index in [2.05, 4.69) is 0 Å². The molecular formula is C13H19ClN2O2. The van der Waals surface area contributed by atoms with E-state index in [0.29, 0.717) is 13.2 Å². The minimum atomic E-state index is -0.582. The van der Waals surface area contributed by atoms with Gasteiger partial charge in [-0.3, -0.25) is 4.79 Å². The van der Waals surface area contributed by atoms with Crippen molar-refractivity contribution in [1.29, 1.82) is 0 Å². The van der Waals surface area contributed by atoms with Crippen molar-refractivity contribution in [3.8, 4) is 5.75 Å². The van der Waals surface area contributed by atoms with Gasteiger partial charge in [-0.2, -0.15) is 0 Å². The molecule has 1 aromatic rings. The smallest absolute Gasteiger partial charge is 0.242 e. The summed E-state index contributed by atoms with van der Waals surface area (Å²) >= 11 is 0. The van der Waals surface area contributed by atoms with Crippen molar-refractivity contribution >= 4 is 18.3 Å². The van der Waals surface area contributed by atoms with Crippen LogP contribution in [0.2, 0.25) is 0 Å². The van der Waals surface area contributed by atoms with Crippen molar-refractivity contribution in [1.82, 2.24) is 4.90 Å². The van der Waals surface area contributed by atoms with Crippen LogP contribution in [0.5, 0.6) is 5.75 Å². The first-order valence-corrected chi connectivity index (χ1v) is 5.84. The van der Waals surface area contributed by atoms with E-state index < -0.39 is 5.54 Å². The molecule has 4 nitrogen and oxygen atoms in total.